The number of hydrogen-bond donors (Lipinski definition) is 1. The van der Waals surface area contributed by atoms with Crippen LogP contribution in [0.5, 0.6) is 5.75 Å². The lowest BCUT2D eigenvalue weighted by molar-refractivity contribution is -0.115. The predicted octanol–water partition coefficient (Wildman–Crippen LogP) is 3.88. The van der Waals surface area contributed by atoms with E-state index < -0.39 is 18.0 Å². The number of carbonyl (C=O) groups is 1. The van der Waals surface area contributed by atoms with Crippen molar-refractivity contribution in [3.05, 3.63) is 29.8 Å². The summed E-state index contributed by atoms with van der Waals surface area (Å²) in [5.41, 5.74) is 0.524. The number of thioether (sulfide) groups is 1. The molecule has 1 heterocycles. The van der Waals surface area contributed by atoms with Gasteiger partial charge in [-0.3, -0.25) is 4.79 Å². The number of aromatic nitrogens is 2. The quantitative estimate of drug-likeness (QED) is 0.584. The Morgan fingerprint density at radius 1 is 1.33 bits per heavy atom. The van der Waals surface area contributed by atoms with Gasteiger partial charge >= 0.3 is 6.18 Å². The van der Waals surface area contributed by atoms with Crippen molar-refractivity contribution in [2.75, 3.05) is 19.0 Å². The van der Waals surface area contributed by atoms with E-state index in [1.807, 2.05) is 0 Å². The molecule has 10 heteroatoms. The van der Waals surface area contributed by atoms with Crippen molar-refractivity contribution in [1.82, 2.24) is 10.2 Å². The summed E-state index contributed by atoms with van der Waals surface area (Å²) >= 11 is 2.13. The molecule has 0 amide bonds. The first-order chi connectivity index (χ1) is 11.3. The van der Waals surface area contributed by atoms with Crippen LogP contribution >= 0.6 is 23.1 Å². The summed E-state index contributed by atoms with van der Waals surface area (Å²) in [6.07, 6.45) is -4.32. The molecule has 0 saturated heterocycles. The molecule has 0 aliphatic rings. The Morgan fingerprint density at radius 3 is 2.58 bits per heavy atom. The molecule has 0 saturated carbocycles. The fourth-order valence-electron chi connectivity index (χ4n) is 1.70. The molecule has 1 aromatic heterocycles. The minimum absolute atomic E-state index is 0.0684. The number of nitrogens with zero attached hydrogens (tertiary/aromatic N) is 2. The normalized spacial score (nSPS) is 12.7. The summed E-state index contributed by atoms with van der Waals surface area (Å²) < 4.78 is 41.9. The molecule has 0 radical (unpaired) electrons. The molecule has 0 aliphatic carbocycles. The lowest BCUT2D eigenvalue weighted by atomic mass is 10.1. The van der Waals surface area contributed by atoms with Gasteiger partial charge in [-0.15, -0.1) is 10.2 Å². The largest absolute Gasteiger partial charge is 0.497 e. The van der Waals surface area contributed by atoms with Gasteiger partial charge in [-0.05, 0) is 31.2 Å². The maximum absolute atomic E-state index is 12.3. The van der Waals surface area contributed by atoms with Crippen molar-refractivity contribution in [1.29, 1.82) is 0 Å². The fraction of sp³-hybridized carbons (Fsp3) is 0.357. The Morgan fingerprint density at radius 2 is 2.00 bits per heavy atom. The molecule has 2 rings (SSSR count). The van der Waals surface area contributed by atoms with Gasteiger partial charge in [0.15, 0.2) is 10.1 Å². The third-order valence-electron chi connectivity index (χ3n) is 2.87. The molecular formula is C14H14F3N3O2S2. The van der Waals surface area contributed by atoms with Crippen LogP contribution in [0.3, 0.4) is 0 Å². The zero-order valence-electron chi connectivity index (χ0n) is 12.8. The first-order valence-electron chi connectivity index (χ1n) is 6.77. The second-order valence-electron chi connectivity index (χ2n) is 4.69. The summed E-state index contributed by atoms with van der Waals surface area (Å²) in [5, 5.41) is 9.21. The second-order valence-corrected chi connectivity index (χ2v) is 7.26. The number of ether oxygens (including phenoxy) is 1. The molecule has 2 aromatic rings. The number of alkyl halides is 3. The van der Waals surface area contributed by atoms with E-state index in [1.165, 1.54) is 7.11 Å². The minimum Gasteiger partial charge on any atom is -0.497 e. The summed E-state index contributed by atoms with van der Waals surface area (Å²) in [4.78, 5) is 12.3. The molecule has 130 valence electrons. The lowest BCUT2D eigenvalue weighted by Gasteiger charge is -2.08. The number of halogens is 3. The molecule has 0 aliphatic heterocycles. The van der Waals surface area contributed by atoms with Gasteiger partial charge in [0.2, 0.25) is 5.13 Å². The van der Waals surface area contributed by atoms with Crippen molar-refractivity contribution in [2.45, 2.75) is 22.7 Å². The number of ketones is 1. The number of benzene rings is 1. The number of carbonyl (C=O) groups excluding carboxylic acids is 1. The number of rotatable bonds is 7. The van der Waals surface area contributed by atoms with E-state index in [1.54, 1.807) is 31.2 Å². The highest BCUT2D eigenvalue weighted by atomic mass is 32.2. The van der Waals surface area contributed by atoms with Gasteiger partial charge < -0.3 is 10.1 Å². The van der Waals surface area contributed by atoms with Crippen molar-refractivity contribution < 1.29 is 22.7 Å². The number of hydrogen-bond acceptors (Lipinski definition) is 7. The Bertz CT molecular complexity index is 689. The third kappa shape index (κ3) is 5.38. The molecule has 5 nitrogen and oxygen atoms in total. The highest BCUT2D eigenvalue weighted by molar-refractivity contribution is 8.02. The van der Waals surface area contributed by atoms with E-state index in [4.69, 9.17) is 4.74 Å². The summed E-state index contributed by atoms with van der Waals surface area (Å²) in [6, 6.07) is 6.70. The van der Waals surface area contributed by atoms with Crippen LogP contribution in [0.25, 0.3) is 0 Å². The van der Waals surface area contributed by atoms with Crippen LogP contribution in [0.15, 0.2) is 28.6 Å². The zero-order valence-corrected chi connectivity index (χ0v) is 14.4. The van der Waals surface area contributed by atoms with Crippen molar-refractivity contribution in [2.24, 2.45) is 0 Å². The van der Waals surface area contributed by atoms with E-state index in [9.17, 15) is 18.0 Å². The second kappa shape index (κ2) is 7.84. The Balaban J connectivity index is 1.94. The van der Waals surface area contributed by atoms with Gasteiger partial charge in [0, 0.05) is 5.56 Å². The monoisotopic (exact) mass is 377 g/mol. The molecule has 24 heavy (non-hydrogen) atoms. The first-order valence-corrected chi connectivity index (χ1v) is 8.47. The maximum atomic E-state index is 12.3. The molecule has 1 unspecified atom stereocenters. The fourth-order valence-corrected chi connectivity index (χ4v) is 3.67. The highest BCUT2D eigenvalue weighted by Crippen LogP contribution is 2.31. The number of nitrogens with one attached hydrogen (secondary N) is 1. The molecule has 1 N–H and O–H groups in total. The summed E-state index contributed by atoms with van der Waals surface area (Å²) in [7, 11) is 1.54. The molecule has 1 aromatic carbocycles. The van der Waals surface area contributed by atoms with Crippen LogP contribution in [-0.4, -0.2) is 41.1 Å². The molecular weight excluding hydrogens is 363 g/mol. The Kier molecular flexibility index (Phi) is 6.05. The van der Waals surface area contributed by atoms with E-state index in [0.29, 0.717) is 15.7 Å². The third-order valence-corrected chi connectivity index (χ3v) is 4.93. The van der Waals surface area contributed by atoms with Gasteiger partial charge in [0.05, 0.1) is 12.4 Å². The number of Topliss-reactive ketones (excluding diaryl/α,β-unsaturated/α-hetero) is 1. The summed E-state index contributed by atoms with van der Waals surface area (Å²) in [5.74, 6) is 0.541. The van der Waals surface area contributed by atoms with E-state index in [2.05, 4.69) is 15.5 Å². The van der Waals surface area contributed by atoms with Crippen molar-refractivity contribution >= 4 is 34.0 Å². The molecule has 0 fully saturated rings. The first kappa shape index (κ1) is 18.5. The van der Waals surface area contributed by atoms with Crippen LogP contribution in [-0.2, 0) is 0 Å². The highest BCUT2D eigenvalue weighted by Gasteiger charge is 2.27. The Labute approximate surface area is 144 Å². The Hall–Kier alpha value is -1.81. The van der Waals surface area contributed by atoms with E-state index in [-0.39, 0.29) is 10.9 Å². The SMILES string of the molecule is COc1ccc(C(=O)C(C)Sc2nnc(NCC(F)(F)F)s2)cc1. The number of anilines is 1. The standard InChI is InChI=1S/C14H14F3N3O2S2/c1-8(11(21)9-3-5-10(22-2)6-4-9)23-13-20-19-12(24-13)18-7-14(15,16)17/h3-6,8H,7H2,1-2H3,(H,18,19). The van der Waals surface area contributed by atoms with Crippen molar-refractivity contribution in [3.63, 3.8) is 0 Å². The van der Waals surface area contributed by atoms with Crippen LogP contribution in [0.1, 0.15) is 17.3 Å². The van der Waals surface area contributed by atoms with E-state index >= 15 is 0 Å². The van der Waals surface area contributed by atoms with Crippen LogP contribution in [0.4, 0.5) is 18.3 Å². The average molecular weight is 377 g/mol. The minimum atomic E-state index is -4.32. The smallest absolute Gasteiger partial charge is 0.405 e. The van der Waals surface area contributed by atoms with Crippen LogP contribution in [0, 0.1) is 0 Å². The molecule has 0 bridgehead atoms. The van der Waals surface area contributed by atoms with Crippen molar-refractivity contribution in [3.8, 4) is 5.75 Å². The molecule has 0 spiro atoms. The van der Waals surface area contributed by atoms with Gasteiger partial charge in [0.25, 0.3) is 0 Å². The lowest BCUT2D eigenvalue weighted by Crippen LogP contribution is -2.21. The predicted molar refractivity (Wildman–Crippen MR) is 87.1 cm³/mol. The van der Waals surface area contributed by atoms with Gasteiger partial charge in [0.1, 0.15) is 12.3 Å². The van der Waals surface area contributed by atoms with Crippen LogP contribution < -0.4 is 10.1 Å². The topological polar surface area (TPSA) is 64.1 Å². The van der Waals surface area contributed by atoms with E-state index in [0.717, 1.165) is 23.1 Å². The van der Waals surface area contributed by atoms with Gasteiger partial charge in [-0.25, -0.2) is 0 Å². The average Bonchev–Trinajstić information content (AvgIpc) is 2.99. The van der Waals surface area contributed by atoms with Crippen LogP contribution in [0.2, 0.25) is 0 Å². The zero-order chi connectivity index (χ0) is 17.7. The molecule has 1 atom stereocenters. The van der Waals surface area contributed by atoms with Gasteiger partial charge in [-0.2, -0.15) is 13.2 Å². The maximum Gasteiger partial charge on any atom is 0.405 e. The summed E-state index contributed by atoms with van der Waals surface area (Å²) in [6.45, 7) is 0.536. The number of methoxy groups -OCH3 is 1. The van der Waals surface area contributed by atoms with Gasteiger partial charge in [-0.1, -0.05) is 23.1 Å².